The molecule has 104 valence electrons. The first kappa shape index (κ1) is 14.9. The maximum Gasteiger partial charge on any atom is 0.279 e. The van der Waals surface area contributed by atoms with E-state index in [9.17, 15) is 14.0 Å². The molecule has 1 unspecified atom stereocenters. The van der Waals surface area contributed by atoms with E-state index in [1.807, 2.05) is 0 Å². The van der Waals surface area contributed by atoms with Gasteiger partial charge in [-0.1, -0.05) is 13.8 Å². The van der Waals surface area contributed by atoms with Gasteiger partial charge < -0.3 is 4.74 Å². The molecule has 6 heteroatoms. The monoisotopic (exact) mass is 268 g/mol. The average molecular weight is 268 g/mol. The highest BCUT2D eigenvalue weighted by Crippen LogP contribution is 2.12. The van der Waals surface area contributed by atoms with Crippen LogP contribution in [0.3, 0.4) is 0 Å². The van der Waals surface area contributed by atoms with Crippen LogP contribution in [0.2, 0.25) is 0 Å². The average Bonchev–Trinajstić information content (AvgIpc) is 2.37. The number of benzene rings is 1. The molecule has 0 aliphatic heterocycles. The van der Waals surface area contributed by atoms with E-state index in [4.69, 9.17) is 4.74 Å². The summed E-state index contributed by atoms with van der Waals surface area (Å²) in [5.74, 6) is -1.01. The number of halogens is 1. The van der Waals surface area contributed by atoms with E-state index in [1.165, 1.54) is 31.2 Å². The summed E-state index contributed by atoms with van der Waals surface area (Å²) in [5, 5.41) is 0. The predicted molar refractivity (Wildman–Crippen MR) is 67.6 cm³/mol. The van der Waals surface area contributed by atoms with Crippen LogP contribution in [0.4, 0.5) is 4.39 Å². The number of ether oxygens (including phenoxy) is 1. The van der Waals surface area contributed by atoms with Crippen molar-refractivity contribution in [2.24, 2.45) is 5.92 Å². The molecule has 0 saturated carbocycles. The van der Waals surface area contributed by atoms with Gasteiger partial charge in [-0.15, -0.1) is 0 Å². The van der Waals surface area contributed by atoms with Crippen LogP contribution >= 0.6 is 0 Å². The third-order valence-corrected chi connectivity index (χ3v) is 2.33. The minimum absolute atomic E-state index is 0.228. The van der Waals surface area contributed by atoms with Gasteiger partial charge in [0.05, 0.1) is 0 Å². The van der Waals surface area contributed by atoms with Crippen molar-refractivity contribution < 1.29 is 18.7 Å². The molecule has 19 heavy (non-hydrogen) atoms. The molecule has 0 saturated heterocycles. The molecule has 5 nitrogen and oxygen atoms in total. The van der Waals surface area contributed by atoms with Gasteiger partial charge >= 0.3 is 0 Å². The van der Waals surface area contributed by atoms with Gasteiger partial charge in [0.15, 0.2) is 6.10 Å². The van der Waals surface area contributed by atoms with Crippen molar-refractivity contribution in [2.75, 3.05) is 0 Å². The quantitative estimate of drug-likeness (QED) is 0.811. The minimum atomic E-state index is -0.807. The molecule has 1 aromatic carbocycles. The number of carbonyl (C=O) groups excluding carboxylic acids is 2. The molecule has 0 radical (unpaired) electrons. The fraction of sp³-hybridized carbons (Fsp3) is 0.385. The molecular weight excluding hydrogens is 251 g/mol. The van der Waals surface area contributed by atoms with E-state index in [0.29, 0.717) is 5.75 Å². The van der Waals surface area contributed by atoms with Crippen molar-refractivity contribution in [3.05, 3.63) is 30.1 Å². The molecule has 2 amide bonds. The van der Waals surface area contributed by atoms with Crippen molar-refractivity contribution in [2.45, 2.75) is 26.9 Å². The summed E-state index contributed by atoms with van der Waals surface area (Å²) < 4.78 is 18.0. The Morgan fingerprint density at radius 1 is 1.05 bits per heavy atom. The Hall–Kier alpha value is -2.11. The number of rotatable bonds is 4. The third-order valence-electron chi connectivity index (χ3n) is 2.33. The summed E-state index contributed by atoms with van der Waals surface area (Å²) in [6, 6.07) is 5.32. The van der Waals surface area contributed by atoms with Gasteiger partial charge in [-0.3, -0.25) is 20.4 Å². The lowest BCUT2D eigenvalue weighted by molar-refractivity contribution is -0.133. The summed E-state index contributed by atoms with van der Waals surface area (Å²) >= 11 is 0. The second kappa shape index (κ2) is 6.72. The van der Waals surface area contributed by atoms with Crippen LogP contribution in [0.1, 0.15) is 20.8 Å². The van der Waals surface area contributed by atoms with Crippen LogP contribution in [0.5, 0.6) is 5.75 Å². The number of hydrogen-bond donors (Lipinski definition) is 2. The Bertz CT molecular complexity index is 446. The molecule has 1 rings (SSSR count). The van der Waals surface area contributed by atoms with Crippen molar-refractivity contribution in [3.63, 3.8) is 0 Å². The molecule has 0 aliphatic rings. The van der Waals surface area contributed by atoms with Gasteiger partial charge in [0.2, 0.25) is 5.91 Å². The molecule has 1 aromatic rings. The molecule has 0 aliphatic carbocycles. The maximum atomic E-state index is 12.7. The van der Waals surface area contributed by atoms with Crippen LogP contribution in [0.15, 0.2) is 24.3 Å². The molecule has 0 heterocycles. The fourth-order valence-electron chi connectivity index (χ4n) is 1.14. The normalized spacial score (nSPS) is 11.8. The van der Waals surface area contributed by atoms with E-state index < -0.39 is 12.0 Å². The largest absolute Gasteiger partial charge is 0.481 e. The molecule has 1 atom stereocenters. The number of carbonyl (C=O) groups is 2. The Kier molecular flexibility index (Phi) is 5.29. The highest BCUT2D eigenvalue weighted by molar-refractivity contribution is 5.85. The first-order valence-electron chi connectivity index (χ1n) is 5.92. The first-order chi connectivity index (χ1) is 8.90. The van der Waals surface area contributed by atoms with Crippen molar-refractivity contribution in [1.29, 1.82) is 0 Å². The zero-order valence-electron chi connectivity index (χ0n) is 11.1. The smallest absolute Gasteiger partial charge is 0.279 e. The molecule has 0 spiro atoms. The van der Waals surface area contributed by atoms with Gasteiger partial charge in [-0.2, -0.15) is 0 Å². The Morgan fingerprint density at radius 2 is 1.58 bits per heavy atom. The molecule has 0 fully saturated rings. The summed E-state index contributed by atoms with van der Waals surface area (Å²) in [6.45, 7) is 4.94. The zero-order valence-corrected chi connectivity index (χ0v) is 11.1. The van der Waals surface area contributed by atoms with Gasteiger partial charge in [0, 0.05) is 5.92 Å². The van der Waals surface area contributed by atoms with E-state index in [1.54, 1.807) is 13.8 Å². The van der Waals surface area contributed by atoms with Gasteiger partial charge in [-0.25, -0.2) is 4.39 Å². The lowest BCUT2D eigenvalue weighted by atomic mass is 10.2. The van der Waals surface area contributed by atoms with E-state index >= 15 is 0 Å². The highest BCUT2D eigenvalue weighted by Gasteiger charge is 2.16. The van der Waals surface area contributed by atoms with Crippen LogP contribution in [-0.2, 0) is 9.59 Å². The van der Waals surface area contributed by atoms with E-state index in [-0.39, 0.29) is 17.6 Å². The van der Waals surface area contributed by atoms with Crippen LogP contribution in [0.25, 0.3) is 0 Å². The second-order valence-corrected chi connectivity index (χ2v) is 4.35. The minimum Gasteiger partial charge on any atom is -0.481 e. The Balaban J connectivity index is 2.44. The van der Waals surface area contributed by atoms with Crippen molar-refractivity contribution in [1.82, 2.24) is 10.9 Å². The third kappa shape index (κ3) is 4.95. The second-order valence-electron chi connectivity index (χ2n) is 4.35. The molecule has 0 bridgehead atoms. The van der Waals surface area contributed by atoms with Gasteiger partial charge in [0.25, 0.3) is 5.91 Å². The van der Waals surface area contributed by atoms with Crippen LogP contribution in [0, 0.1) is 11.7 Å². The lowest BCUT2D eigenvalue weighted by Crippen LogP contribution is -2.48. The highest BCUT2D eigenvalue weighted by atomic mass is 19.1. The number of amides is 2. The summed E-state index contributed by atoms with van der Waals surface area (Å²) in [6.07, 6.45) is -0.807. The van der Waals surface area contributed by atoms with Gasteiger partial charge in [-0.05, 0) is 31.2 Å². The summed E-state index contributed by atoms with van der Waals surface area (Å²) in [5.41, 5.74) is 4.54. The number of hydrogen-bond acceptors (Lipinski definition) is 3. The van der Waals surface area contributed by atoms with Crippen LogP contribution < -0.4 is 15.6 Å². The summed E-state index contributed by atoms with van der Waals surface area (Å²) in [4.78, 5) is 22.9. The number of nitrogens with one attached hydrogen (secondary N) is 2. The van der Waals surface area contributed by atoms with Crippen LogP contribution in [-0.4, -0.2) is 17.9 Å². The molecule has 0 aromatic heterocycles. The van der Waals surface area contributed by atoms with Crippen molar-refractivity contribution >= 4 is 11.8 Å². The molecule has 2 N–H and O–H groups in total. The SMILES string of the molecule is CC(C)C(=O)NNC(=O)C(C)Oc1ccc(F)cc1. The molecular formula is C13H17FN2O3. The Labute approximate surface area is 111 Å². The fourth-order valence-corrected chi connectivity index (χ4v) is 1.14. The lowest BCUT2D eigenvalue weighted by Gasteiger charge is -2.15. The topological polar surface area (TPSA) is 67.4 Å². The van der Waals surface area contributed by atoms with Gasteiger partial charge in [0.1, 0.15) is 11.6 Å². The first-order valence-corrected chi connectivity index (χ1v) is 5.92. The van der Waals surface area contributed by atoms with E-state index in [0.717, 1.165) is 0 Å². The predicted octanol–water partition coefficient (Wildman–Crippen LogP) is 1.40. The summed E-state index contributed by atoms with van der Waals surface area (Å²) in [7, 11) is 0. The van der Waals surface area contributed by atoms with Crippen molar-refractivity contribution in [3.8, 4) is 5.75 Å². The zero-order chi connectivity index (χ0) is 14.4. The Morgan fingerprint density at radius 3 is 2.11 bits per heavy atom. The maximum absolute atomic E-state index is 12.7. The standard InChI is InChI=1S/C13H17FN2O3/c1-8(2)12(17)15-16-13(18)9(3)19-11-6-4-10(14)5-7-11/h4-9H,1-3H3,(H,15,17)(H,16,18). The number of hydrazine groups is 1. The van der Waals surface area contributed by atoms with E-state index in [2.05, 4.69) is 10.9 Å².